The van der Waals surface area contributed by atoms with E-state index >= 15 is 0 Å². The second kappa shape index (κ2) is 5.54. The van der Waals surface area contributed by atoms with Gasteiger partial charge in [0.25, 0.3) is 0 Å². The Balaban J connectivity index is 2.94. The van der Waals surface area contributed by atoms with E-state index in [1.807, 2.05) is 0 Å². The van der Waals surface area contributed by atoms with Gasteiger partial charge >= 0.3 is 0 Å². The molecule has 1 aromatic carbocycles. The van der Waals surface area contributed by atoms with Gasteiger partial charge in [0.15, 0.2) is 0 Å². The Hall–Kier alpha value is -1.17. The summed E-state index contributed by atoms with van der Waals surface area (Å²) in [7, 11) is 1.61. The molecule has 0 amide bonds. The molecule has 14 heavy (non-hydrogen) atoms. The van der Waals surface area contributed by atoms with Crippen LogP contribution in [0.3, 0.4) is 0 Å². The molecule has 0 saturated heterocycles. The van der Waals surface area contributed by atoms with E-state index in [9.17, 15) is 0 Å². The SMILES string of the molecule is COc1ccc(Cl)cc1C#CCCN. The molecule has 0 aromatic heterocycles. The van der Waals surface area contributed by atoms with Gasteiger partial charge in [-0.2, -0.15) is 0 Å². The fraction of sp³-hybridized carbons (Fsp3) is 0.273. The quantitative estimate of drug-likeness (QED) is 0.757. The molecule has 0 aliphatic carbocycles. The minimum atomic E-state index is 0.565. The fourth-order valence-corrected chi connectivity index (χ4v) is 1.18. The Bertz CT molecular complexity index is 365. The Kier molecular flexibility index (Phi) is 4.31. The number of nitrogens with two attached hydrogens (primary N) is 1. The second-order valence-electron chi connectivity index (χ2n) is 2.69. The molecule has 0 atom stereocenters. The third-order valence-corrected chi connectivity index (χ3v) is 1.89. The minimum Gasteiger partial charge on any atom is -0.495 e. The van der Waals surface area contributed by atoms with Crippen LogP contribution in [-0.4, -0.2) is 13.7 Å². The van der Waals surface area contributed by atoms with Crippen molar-refractivity contribution in [1.82, 2.24) is 0 Å². The first-order valence-corrected chi connectivity index (χ1v) is 4.68. The van der Waals surface area contributed by atoms with Crippen LogP contribution in [0, 0.1) is 11.8 Å². The predicted molar refractivity (Wildman–Crippen MR) is 58.6 cm³/mol. The molecule has 1 rings (SSSR count). The highest BCUT2D eigenvalue weighted by molar-refractivity contribution is 6.30. The number of hydrogen-bond donors (Lipinski definition) is 1. The third-order valence-electron chi connectivity index (χ3n) is 1.65. The minimum absolute atomic E-state index is 0.565. The highest BCUT2D eigenvalue weighted by Crippen LogP contribution is 2.21. The maximum absolute atomic E-state index is 5.84. The van der Waals surface area contributed by atoms with Crippen molar-refractivity contribution in [2.75, 3.05) is 13.7 Å². The summed E-state index contributed by atoms with van der Waals surface area (Å²) < 4.78 is 5.14. The number of hydrogen-bond acceptors (Lipinski definition) is 2. The van der Waals surface area contributed by atoms with E-state index in [1.165, 1.54) is 0 Å². The zero-order chi connectivity index (χ0) is 10.4. The molecule has 0 radical (unpaired) electrons. The van der Waals surface area contributed by atoms with Gasteiger partial charge in [-0.05, 0) is 18.2 Å². The molecule has 0 spiro atoms. The molecule has 0 aliphatic heterocycles. The largest absolute Gasteiger partial charge is 0.495 e. The molecule has 0 fully saturated rings. The van der Waals surface area contributed by atoms with Gasteiger partial charge in [-0.3, -0.25) is 0 Å². The van der Waals surface area contributed by atoms with Gasteiger partial charge < -0.3 is 10.5 Å². The molecule has 1 aromatic rings. The van der Waals surface area contributed by atoms with E-state index in [4.69, 9.17) is 22.1 Å². The number of ether oxygens (including phenoxy) is 1. The van der Waals surface area contributed by atoms with Crippen molar-refractivity contribution in [1.29, 1.82) is 0 Å². The Morgan fingerprint density at radius 1 is 1.50 bits per heavy atom. The van der Waals surface area contributed by atoms with Gasteiger partial charge in [-0.25, -0.2) is 0 Å². The third kappa shape index (κ3) is 2.95. The van der Waals surface area contributed by atoms with Crippen molar-refractivity contribution in [3.05, 3.63) is 28.8 Å². The summed E-state index contributed by atoms with van der Waals surface area (Å²) in [6, 6.07) is 5.35. The molecule has 0 bridgehead atoms. The average Bonchev–Trinajstić information content (AvgIpc) is 2.19. The van der Waals surface area contributed by atoms with Gasteiger partial charge in [0.1, 0.15) is 5.75 Å². The molecule has 2 N–H and O–H groups in total. The van der Waals surface area contributed by atoms with Crippen molar-refractivity contribution >= 4 is 11.6 Å². The number of halogens is 1. The van der Waals surface area contributed by atoms with E-state index in [0.29, 0.717) is 18.0 Å². The van der Waals surface area contributed by atoms with Crippen molar-refractivity contribution in [2.24, 2.45) is 5.73 Å². The zero-order valence-electron chi connectivity index (χ0n) is 8.01. The molecule has 2 nitrogen and oxygen atoms in total. The van der Waals surface area contributed by atoms with E-state index in [2.05, 4.69) is 11.8 Å². The Morgan fingerprint density at radius 2 is 2.29 bits per heavy atom. The van der Waals surface area contributed by atoms with Crippen LogP contribution in [0.2, 0.25) is 5.02 Å². The maximum atomic E-state index is 5.84. The van der Waals surface area contributed by atoms with Crippen LogP contribution in [0.5, 0.6) is 5.75 Å². The normalized spacial score (nSPS) is 9.07. The molecule has 0 heterocycles. The Morgan fingerprint density at radius 3 is 2.93 bits per heavy atom. The fourth-order valence-electron chi connectivity index (χ4n) is 1.01. The lowest BCUT2D eigenvalue weighted by Crippen LogP contribution is -1.95. The highest BCUT2D eigenvalue weighted by atomic mass is 35.5. The van der Waals surface area contributed by atoms with Gasteiger partial charge in [0.2, 0.25) is 0 Å². The van der Waals surface area contributed by atoms with E-state index in [1.54, 1.807) is 25.3 Å². The van der Waals surface area contributed by atoms with E-state index in [0.717, 1.165) is 11.3 Å². The van der Waals surface area contributed by atoms with Crippen LogP contribution in [0.15, 0.2) is 18.2 Å². The van der Waals surface area contributed by atoms with Crippen LogP contribution in [-0.2, 0) is 0 Å². The first-order valence-electron chi connectivity index (χ1n) is 4.30. The van der Waals surface area contributed by atoms with Gasteiger partial charge in [-0.1, -0.05) is 23.4 Å². The summed E-state index contributed by atoms with van der Waals surface area (Å²) in [5, 5.41) is 0.655. The zero-order valence-corrected chi connectivity index (χ0v) is 8.77. The van der Waals surface area contributed by atoms with Crippen LogP contribution in [0.4, 0.5) is 0 Å². The second-order valence-corrected chi connectivity index (χ2v) is 3.12. The van der Waals surface area contributed by atoms with Crippen molar-refractivity contribution in [3.8, 4) is 17.6 Å². The van der Waals surface area contributed by atoms with Crippen molar-refractivity contribution in [3.63, 3.8) is 0 Å². The lowest BCUT2D eigenvalue weighted by molar-refractivity contribution is 0.413. The van der Waals surface area contributed by atoms with Crippen LogP contribution in [0.25, 0.3) is 0 Å². The molecule has 0 saturated carbocycles. The lowest BCUT2D eigenvalue weighted by atomic mass is 10.2. The topological polar surface area (TPSA) is 35.2 Å². The molecular weight excluding hydrogens is 198 g/mol. The summed E-state index contributed by atoms with van der Waals surface area (Å²) in [6.07, 6.45) is 0.676. The molecular formula is C11H12ClNO. The summed E-state index contributed by atoms with van der Waals surface area (Å²) in [4.78, 5) is 0. The molecule has 3 heteroatoms. The van der Waals surface area contributed by atoms with E-state index in [-0.39, 0.29) is 0 Å². The standard InChI is InChI=1S/C11H12ClNO/c1-14-11-6-5-10(12)8-9(11)4-2-3-7-13/h5-6,8H,3,7,13H2,1H3. The van der Waals surface area contributed by atoms with Crippen LogP contribution < -0.4 is 10.5 Å². The molecule has 0 aliphatic rings. The summed E-state index contributed by atoms with van der Waals surface area (Å²) >= 11 is 5.84. The summed E-state index contributed by atoms with van der Waals surface area (Å²) in [5.74, 6) is 6.64. The maximum Gasteiger partial charge on any atom is 0.134 e. The van der Waals surface area contributed by atoms with E-state index < -0.39 is 0 Å². The number of benzene rings is 1. The molecule has 0 unspecified atom stereocenters. The monoisotopic (exact) mass is 209 g/mol. The van der Waals surface area contributed by atoms with Gasteiger partial charge in [0, 0.05) is 18.0 Å². The summed E-state index contributed by atoms with van der Waals surface area (Å²) in [5.41, 5.74) is 6.13. The Labute approximate surface area is 89.0 Å². The predicted octanol–water partition coefficient (Wildman–Crippen LogP) is 2.05. The van der Waals surface area contributed by atoms with Crippen molar-refractivity contribution < 1.29 is 4.74 Å². The first kappa shape index (κ1) is 10.9. The van der Waals surface area contributed by atoms with Gasteiger partial charge in [0.05, 0.1) is 12.7 Å². The van der Waals surface area contributed by atoms with Crippen LogP contribution in [0.1, 0.15) is 12.0 Å². The highest BCUT2D eigenvalue weighted by Gasteiger charge is 1.99. The smallest absolute Gasteiger partial charge is 0.134 e. The van der Waals surface area contributed by atoms with Gasteiger partial charge in [-0.15, -0.1) is 0 Å². The molecule has 74 valence electrons. The van der Waals surface area contributed by atoms with Crippen molar-refractivity contribution in [2.45, 2.75) is 6.42 Å². The number of methoxy groups -OCH3 is 1. The first-order chi connectivity index (χ1) is 6.77. The summed E-state index contributed by atoms with van der Waals surface area (Å²) in [6.45, 7) is 0.565. The average molecular weight is 210 g/mol. The lowest BCUT2D eigenvalue weighted by Gasteiger charge is -2.02. The number of rotatable bonds is 2. The van der Waals surface area contributed by atoms with Crippen LogP contribution >= 0.6 is 11.6 Å².